The molecule has 0 spiro atoms. The summed E-state index contributed by atoms with van der Waals surface area (Å²) in [6, 6.07) is 17.5. The van der Waals surface area contributed by atoms with Gasteiger partial charge in [-0.2, -0.15) is 10.4 Å². The Labute approximate surface area is 214 Å². The standard InChI is InChI=1S/C29H26FN5O2/c1-18-27(21-4-2-19(13-31)3-5-21)29(37-26-9-8-24-23(28(18)26)15-33-34-24)25-7-6-22(14-32-25)36-11-10-35-16-20(12-30)17-35/h2-9,14-15,20,29H,10-12,16-17H2,1H3,(H,33,34). The number of likely N-dealkylation sites (tertiary alicyclic amines) is 1. The molecule has 2 aromatic heterocycles. The van der Waals surface area contributed by atoms with E-state index < -0.39 is 6.10 Å². The highest BCUT2D eigenvalue weighted by atomic mass is 19.1. The first-order valence-corrected chi connectivity index (χ1v) is 12.4. The van der Waals surface area contributed by atoms with Crippen molar-refractivity contribution in [1.29, 1.82) is 5.26 Å². The molecule has 186 valence electrons. The molecular formula is C29H26FN5O2. The third-order valence-corrected chi connectivity index (χ3v) is 7.15. The van der Waals surface area contributed by atoms with Gasteiger partial charge in [0.15, 0.2) is 6.10 Å². The molecule has 2 aliphatic heterocycles. The largest absolute Gasteiger partial charge is 0.491 e. The predicted octanol–water partition coefficient (Wildman–Crippen LogP) is 5.17. The summed E-state index contributed by atoms with van der Waals surface area (Å²) in [5.41, 5.74) is 6.35. The van der Waals surface area contributed by atoms with Gasteiger partial charge in [-0.05, 0) is 54.5 Å². The number of H-pyrrole nitrogens is 1. The molecule has 4 heterocycles. The van der Waals surface area contributed by atoms with Crippen molar-refractivity contribution in [3.05, 3.63) is 83.3 Å². The number of hydrogen-bond donors (Lipinski definition) is 1. The maximum atomic E-state index is 12.6. The van der Waals surface area contributed by atoms with Gasteiger partial charge in [0.25, 0.3) is 0 Å². The van der Waals surface area contributed by atoms with Gasteiger partial charge < -0.3 is 9.47 Å². The average molecular weight is 496 g/mol. The van der Waals surface area contributed by atoms with Crippen molar-refractivity contribution in [3.63, 3.8) is 0 Å². The van der Waals surface area contributed by atoms with Crippen LogP contribution in [0.4, 0.5) is 4.39 Å². The number of aromatic nitrogens is 3. The van der Waals surface area contributed by atoms with E-state index in [0.29, 0.717) is 17.9 Å². The van der Waals surface area contributed by atoms with E-state index in [1.54, 1.807) is 6.20 Å². The normalized spacial score (nSPS) is 17.7. The smallest absolute Gasteiger partial charge is 0.166 e. The second kappa shape index (κ2) is 9.68. The van der Waals surface area contributed by atoms with Crippen molar-refractivity contribution in [2.75, 3.05) is 32.9 Å². The van der Waals surface area contributed by atoms with E-state index >= 15 is 0 Å². The summed E-state index contributed by atoms with van der Waals surface area (Å²) in [7, 11) is 0. The van der Waals surface area contributed by atoms with Crippen molar-refractivity contribution in [2.45, 2.75) is 13.0 Å². The summed E-state index contributed by atoms with van der Waals surface area (Å²) < 4.78 is 25.1. The molecule has 8 heteroatoms. The molecule has 37 heavy (non-hydrogen) atoms. The molecule has 1 unspecified atom stereocenters. The Morgan fingerprint density at radius 1 is 1.14 bits per heavy atom. The van der Waals surface area contributed by atoms with E-state index in [-0.39, 0.29) is 12.6 Å². The van der Waals surface area contributed by atoms with Crippen molar-refractivity contribution >= 4 is 22.0 Å². The minimum atomic E-state index is -0.433. The van der Waals surface area contributed by atoms with E-state index in [1.807, 2.05) is 54.7 Å². The van der Waals surface area contributed by atoms with Crippen LogP contribution in [-0.4, -0.2) is 53.0 Å². The highest BCUT2D eigenvalue weighted by Crippen LogP contribution is 2.48. The number of nitriles is 1. The van der Waals surface area contributed by atoms with Crippen LogP contribution in [0.15, 0.2) is 60.9 Å². The summed E-state index contributed by atoms with van der Waals surface area (Å²) >= 11 is 0. The van der Waals surface area contributed by atoms with E-state index in [4.69, 9.17) is 14.5 Å². The van der Waals surface area contributed by atoms with Crippen LogP contribution in [0.5, 0.6) is 11.5 Å². The molecule has 0 radical (unpaired) electrons. The van der Waals surface area contributed by atoms with Gasteiger partial charge in [0, 0.05) is 42.1 Å². The number of rotatable bonds is 7. The lowest BCUT2D eigenvalue weighted by Crippen LogP contribution is -2.49. The number of allylic oxidation sites excluding steroid dienone is 1. The van der Waals surface area contributed by atoms with Gasteiger partial charge in [-0.15, -0.1) is 0 Å². The quantitative estimate of drug-likeness (QED) is 0.380. The number of halogens is 1. The number of ether oxygens (including phenoxy) is 2. The second-order valence-corrected chi connectivity index (χ2v) is 9.54. The molecule has 4 aromatic rings. The first-order valence-electron chi connectivity index (χ1n) is 12.4. The lowest BCUT2D eigenvalue weighted by Gasteiger charge is -2.37. The molecule has 2 aliphatic rings. The Balaban J connectivity index is 1.30. The van der Waals surface area contributed by atoms with Crippen molar-refractivity contribution < 1.29 is 13.9 Å². The minimum absolute atomic E-state index is 0.174. The molecule has 0 bridgehead atoms. The van der Waals surface area contributed by atoms with Crippen LogP contribution in [0.1, 0.15) is 35.4 Å². The highest BCUT2D eigenvalue weighted by molar-refractivity contribution is 6.03. The van der Waals surface area contributed by atoms with Crippen molar-refractivity contribution in [1.82, 2.24) is 20.1 Å². The van der Waals surface area contributed by atoms with Gasteiger partial charge in [-0.1, -0.05) is 12.1 Å². The van der Waals surface area contributed by atoms with Crippen molar-refractivity contribution in [3.8, 4) is 17.6 Å². The fourth-order valence-corrected chi connectivity index (χ4v) is 5.18. The number of nitrogens with one attached hydrogen (secondary N) is 1. The van der Waals surface area contributed by atoms with Crippen LogP contribution < -0.4 is 9.47 Å². The van der Waals surface area contributed by atoms with Gasteiger partial charge in [0.2, 0.25) is 0 Å². The van der Waals surface area contributed by atoms with E-state index in [2.05, 4.69) is 28.1 Å². The number of fused-ring (bicyclic) bond motifs is 3. The van der Waals surface area contributed by atoms with Gasteiger partial charge in [0.1, 0.15) is 18.1 Å². The third-order valence-electron chi connectivity index (χ3n) is 7.15. The SMILES string of the molecule is CC1=C(c2ccc(C#N)cc2)C(c2ccc(OCCN3CC(CF)C3)cn2)Oc2ccc3[nH]ncc3c21. The molecule has 6 rings (SSSR count). The number of pyridine rings is 1. The van der Waals surface area contributed by atoms with E-state index in [1.165, 1.54) is 0 Å². The van der Waals surface area contributed by atoms with Gasteiger partial charge in [-0.25, -0.2) is 0 Å². The van der Waals surface area contributed by atoms with Crippen LogP contribution in [0.3, 0.4) is 0 Å². The van der Waals surface area contributed by atoms with Crippen LogP contribution in [-0.2, 0) is 0 Å². The maximum Gasteiger partial charge on any atom is 0.166 e. The summed E-state index contributed by atoms with van der Waals surface area (Å²) in [4.78, 5) is 6.90. The maximum absolute atomic E-state index is 12.6. The molecule has 7 nitrogen and oxygen atoms in total. The Bertz CT molecular complexity index is 1500. The zero-order valence-corrected chi connectivity index (χ0v) is 20.4. The third kappa shape index (κ3) is 4.32. The molecule has 2 aromatic carbocycles. The van der Waals surface area contributed by atoms with Crippen LogP contribution >= 0.6 is 0 Å². The highest BCUT2D eigenvalue weighted by Gasteiger charge is 2.31. The van der Waals surface area contributed by atoms with E-state index in [0.717, 1.165) is 64.3 Å². The molecule has 0 amide bonds. The zero-order chi connectivity index (χ0) is 25.4. The number of benzene rings is 2. The molecule has 1 N–H and O–H groups in total. The van der Waals surface area contributed by atoms with Crippen molar-refractivity contribution in [2.24, 2.45) is 5.92 Å². The summed E-state index contributed by atoms with van der Waals surface area (Å²) in [6.45, 7) is 4.74. The molecule has 1 fully saturated rings. The number of alkyl halides is 1. The van der Waals surface area contributed by atoms with Crippen LogP contribution in [0.25, 0.3) is 22.0 Å². The minimum Gasteiger partial charge on any atom is -0.491 e. The summed E-state index contributed by atoms with van der Waals surface area (Å²) in [5, 5.41) is 17.5. The van der Waals surface area contributed by atoms with Crippen LogP contribution in [0.2, 0.25) is 0 Å². The summed E-state index contributed by atoms with van der Waals surface area (Å²) in [5.74, 6) is 1.63. The van der Waals surface area contributed by atoms with Gasteiger partial charge >= 0.3 is 0 Å². The topological polar surface area (TPSA) is 87.1 Å². The van der Waals surface area contributed by atoms with Crippen LogP contribution in [0, 0.1) is 17.2 Å². The van der Waals surface area contributed by atoms with Gasteiger partial charge in [-0.3, -0.25) is 19.4 Å². The second-order valence-electron chi connectivity index (χ2n) is 9.54. The Kier molecular flexibility index (Phi) is 6.07. The fourth-order valence-electron chi connectivity index (χ4n) is 5.18. The number of aromatic amines is 1. The molecule has 1 saturated heterocycles. The van der Waals surface area contributed by atoms with E-state index in [9.17, 15) is 9.65 Å². The number of hydrogen-bond acceptors (Lipinski definition) is 6. The Morgan fingerprint density at radius 3 is 2.70 bits per heavy atom. The summed E-state index contributed by atoms with van der Waals surface area (Å²) in [6.07, 6.45) is 3.11. The Hall–Kier alpha value is -4.22. The lowest BCUT2D eigenvalue weighted by atomic mass is 9.86. The first kappa shape index (κ1) is 23.2. The fraction of sp³-hybridized carbons (Fsp3) is 0.276. The number of nitrogens with zero attached hydrogens (tertiary/aromatic N) is 4. The average Bonchev–Trinajstić information content (AvgIpc) is 3.39. The molecule has 1 atom stereocenters. The lowest BCUT2D eigenvalue weighted by molar-refractivity contribution is 0.0668. The Morgan fingerprint density at radius 2 is 1.97 bits per heavy atom. The first-order chi connectivity index (χ1) is 18.1. The predicted molar refractivity (Wildman–Crippen MR) is 139 cm³/mol. The molecule has 0 saturated carbocycles. The monoisotopic (exact) mass is 495 g/mol. The molecule has 0 aliphatic carbocycles. The van der Waals surface area contributed by atoms with Gasteiger partial charge in [0.05, 0.1) is 41.9 Å². The zero-order valence-electron chi connectivity index (χ0n) is 20.4. The molecular weight excluding hydrogens is 469 g/mol.